The highest BCUT2D eigenvalue weighted by molar-refractivity contribution is 6.01. The molecule has 2 saturated carbocycles. The number of nitrogens with zero attached hydrogens (tertiary/aromatic N) is 2. The standard InChI is InChI=1S/C28H36F4N6O3/c1-14(2)38-22(9-10-35-38)26(40)37-24(23(16-5-6-16)17-7-8-17)27(41)36-21-12-20(33-4)18(11-19(21)29)15(3)25(39)34-13-28(30,31)32/h9-12,14-17,23-24,33H,5-8,13H2,1-4H3,(H,34,39)(H,36,41)(H,37,40)/t15?,24-/m0/s1. The number of hydrogen-bond donors (Lipinski definition) is 4. The molecule has 1 aromatic heterocycles. The molecule has 4 rings (SSSR count). The predicted octanol–water partition coefficient (Wildman–Crippen LogP) is 4.60. The summed E-state index contributed by atoms with van der Waals surface area (Å²) in [5, 5.41) is 14.4. The third kappa shape index (κ3) is 7.36. The molecule has 3 amide bonds. The third-order valence-electron chi connectivity index (χ3n) is 7.67. The maximum absolute atomic E-state index is 15.3. The number of alkyl halides is 3. The van der Waals surface area contributed by atoms with E-state index in [2.05, 4.69) is 21.0 Å². The van der Waals surface area contributed by atoms with Crippen molar-refractivity contribution in [1.82, 2.24) is 20.4 Å². The van der Waals surface area contributed by atoms with Gasteiger partial charge in [0.1, 0.15) is 24.1 Å². The van der Waals surface area contributed by atoms with Crippen molar-refractivity contribution in [3.05, 3.63) is 41.5 Å². The van der Waals surface area contributed by atoms with Crippen LogP contribution < -0.4 is 21.3 Å². The van der Waals surface area contributed by atoms with Crippen LogP contribution >= 0.6 is 0 Å². The van der Waals surface area contributed by atoms with Crippen molar-refractivity contribution in [1.29, 1.82) is 0 Å². The molecule has 0 aliphatic heterocycles. The molecule has 9 nitrogen and oxygen atoms in total. The number of nitrogens with one attached hydrogen (secondary N) is 4. The number of aromatic nitrogens is 2. The van der Waals surface area contributed by atoms with Crippen LogP contribution in [0.4, 0.5) is 28.9 Å². The highest BCUT2D eigenvalue weighted by Gasteiger charge is 2.48. The fraction of sp³-hybridized carbons (Fsp3) is 0.571. The van der Waals surface area contributed by atoms with E-state index >= 15 is 4.39 Å². The molecule has 2 aromatic rings. The number of halogens is 4. The first kappa shape index (κ1) is 30.3. The van der Waals surface area contributed by atoms with Gasteiger partial charge in [-0.05, 0) is 88.0 Å². The zero-order valence-corrected chi connectivity index (χ0v) is 23.4. The first-order chi connectivity index (χ1) is 19.3. The number of benzene rings is 1. The molecule has 1 aromatic carbocycles. The van der Waals surface area contributed by atoms with Crippen molar-refractivity contribution < 1.29 is 31.9 Å². The number of hydrogen-bond acceptors (Lipinski definition) is 5. The molecule has 1 unspecified atom stereocenters. The highest BCUT2D eigenvalue weighted by atomic mass is 19.4. The lowest BCUT2D eigenvalue weighted by atomic mass is 9.88. The van der Waals surface area contributed by atoms with Crippen molar-refractivity contribution in [2.45, 2.75) is 70.6 Å². The van der Waals surface area contributed by atoms with Crippen LogP contribution in [0.5, 0.6) is 0 Å². The summed E-state index contributed by atoms with van der Waals surface area (Å²) in [5.74, 6) is -3.44. The molecule has 0 spiro atoms. The van der Waals surface area contributed by atoms with E-state index in [-0.39, 0.29) is 40.7 Å². The van der Waals surface area contributed by atoms with Gasteiger partial charge in [0, 0.05) is 25.0 Å². The largest absolute Gasteiger partial charge is 0.405 e. The molecule has 0 saturated heterocycles. The van der Waals surface area contributed by atoms with Crippen molar-refractivity contribution in [3.8, 4) is 0 Å². The van der Waals surface area contributed by atoms with Crippen molar-refractivity contribution in [3.63, 3.8) is 0 Å². The Kier molecular flexibility index (Phi) is 8.93. The van der Waals surface area contributed by atoms with Crippen molar-refractivity contribution in [2.24, 2.45) is 17.8 Å². The van der Waals surface area contributed by atoms with Crippen LogP contribution in [-0.4, -0.2) is 53.3 Å². The minimum atomic E-state index is -4.58. The second kappa shape index (κ2) is 12.1. The first-order valence-corrected chi connectivity index (χ1v) is 13.8. The Morgan fingerprint density at radius 2 is 1.66 bits per heavy atom. The molecule has 0 bridgehead atoms. The summed E-state index contributed by atoms with van der Waals surface area (Å²) in [5.41, 5.74) is 0.527. The fourth-order valence-electron chi connectivity index (χ4n) is 5.30. The highest BCUT2D eigenvalue weighted by Crippen LogP contribution is 2.51. The van der Waals surface area contributed by atoms with Gasteiger partial charge in [-0.3, -0.25) is 19.1 Å². The number of amides is 3. The monoisotopic (exact) mass is 580 g/mol. The van der Waals surface area contributed by atoms with Crippen LogP contribution in [0.2, 0.25) is 0 Å². The van der Waals surface area contributed by atoms with Crippen LogP contribution in [0.3, 0.4) is 0 Å². The molecule has 4 N–H and O–H groups in total. The fourth-order valence-corrected chi connectivity index (χ4v) is 5.30. The van der Waals surface area contributed by atoms with Gasteiger partial charge >= 0.3 is 6.18 Å². The summed E-state index contributed by atoms with van der Waals surface area (Å²) in [6.45, 7) is 3.63. The molecule has 13 heteroatoms. The zero-order valence-electron chi connectivity index (χ0n) is 23.4. The van der Waals surface area contributed by atoms with E-state index in [1.807, 2.05) is 19.2 Å². The lowest BCUT2D eigenvalue weighted by Gasteiger charge is -2.28. The van der Waals surface area contributed by atoms with E-state index in [1.165, 1.54) is 26.2 Å². The van der Waals surface area contributed by atoms with Crippen molar-refractivity contribution >= 4 is 29.1 Å². The van der Waals surface area contributed by atoms with Crippen molar-refractivity contribution in [2.75, 3.05) is 24.2 Å². The maximum Gasteiger partial charge on any atom is 0.405 e. The van der Waals surface area contributed by atoms with E-state index < -0.39 is 48.2 Å². The quantitative estimate of drug-likeness (QED) is 0.274. The number of carbonyl (C=O) groups is 3. The van der Waals surface area contributed by atoms with Gasteiger partial charge < -0.3 is 21.3 Å². The lowest BCUT2D eigenvalue weighted by Crippen LogP contribution is -2.50. The molecule has 2 fully saturated rings. The topological polar surface area (TPSA) is 117 Å². The third-order valence-corrected chi connectivity index (χ3v) is 7.67. The van der Waals surface area contributed by atoms with Crippen LogP contribution in [0.1, 0.15) is 74.5 Å². The Morgan fingerprint density at radius 1 is 1.02 bits per heavy atom. The summed E-state index contributed by atoms with van der Waals surface area (Å²) in [4.78, 5) is 39.3. The number of anilines is 2. The second-order valence-electron chi connectivity index (χ2n) is 11.2. The average molecular weight is 581 g/mol. The lowest BCUT2D eigenvalue weighted by molar-refractivity contribution is -0.139. The van der Waals surface area contributed by atoms with E-state index in [9.17, 15) is 27.6 Å². The summed E-state index contributed by atoms with van der Waals surface area (Å²) in [6.07, 6.45) is 0.736. The zero-order chi connectivity index (χ0) is 30.1. The van der Waals surface area contributed by atoms with Gasteiger partial charge in [-0.25, -0.2) is 4.39 Å². The van der Waals surface area contributed by atoms with E-state index in [0.29, 0.717) is 5.69 Å². The Morgan fingerprint density at radius 3 is 2.20 bits per heavy atom. The molecule has 2 aliphatic rings. The van der Waals surface area contributed by atoms with Gasteiger partial charge in [0.15, 0.2) is 0 Å². The minimum Gasteiger partial charge on any atom is -0.388 e. The van der Waals surface area contributed by atoms with Crippen LogP contribution in [0.25, 0.3) is 0 Å². The minimum absolute atomic E-state index is 0.0776. The predicted molar refractivity (Wildman–Crippen MR) is 145 cm³/mol. The summed E-state index contributed by atoms with van der Waals surface area (Å²) in [6, 6.07) is 2.91. The molecule has 41 heavy (non-hydrogen) atoms. The van der Waals surface area contributed by atoms with Gasteiger partial charge in [0.25, 0.3) is 5.91 Å². The normalized spacial score (nSPS) is 16.8. The van der Waals surface area contributed by atoms with Gasteiger partial charge in [0.05, 0.1) is 11.6 Å². The summed E-state index contributed by atoms with van der Waals surface area (Å²) >= 11 is 0. The summed E-state index contributed by atoms with van der Waals surface area (Å²) in [7, 11) is 1.51. The number of carbonyl (C=O) groups excluding carboxylic acids is 3. The molecule has 2 atom stereocenters. The molecule has 224 valence electrons. The Labute approximate surface area is 235 Å². The molecule has 1 heterocycles. The average Bonchev–Trinajstić information content (AvgIpc) is 3.86. The molecule has 2 aliphatic carbocycles. The van der Waals surface area contributed by atoms with E-state index in [4.69, 9.17) is 0 Å². The Bertz CT molecular complexity index is 1270. The summed E-state index contributed by atoms with van der Waals surface area (Å²) < 4.78 is 54.5. The SMILES string of the molecule is CNc1cc(NC(=O)[C@@H](NC(=O)c2ccnn2C(C)C)C(C2CC2)C2CC2)c(F)cc1C(C)C(=O)NCC(F)(F)F. The molecular weight excluding hydrogens is 544 g/mol. The van der Waals surface area contributed by atoms with Crippen LogP contribution in [0.15, 0.2) is 24.4 Å². The Hall–Kier alpha value is -3.64. The van der Waals surface area contributed by atoms with Gasteiger partial charge in [0.2, 0.25) is 11.8 Å². The molecule has 0 radical (unpaired) electrons. The van der Waals surface area contributed by atoms with Crippen LogP contribution in [0, 0.1) is 23.6 Å². The first-order valence-electron chi connectivity index (χ1n) is 13.8. The van der Waals surface area contributed by atoms with Gasteiger partial charge in [-0.2, -0.15) is 18.3 Å². The van der Waals surface area contributed by atoms with Crippen LogP contribution in [-0.2, 0) is 9.59 Å². The Balaban J connectivity index is 1.57. The van der Waals surface area contributed by atoms with E-state index in [0.717, 1.165) is 31.7 Å². The second-order valence-corrected chi connectivity index (χ2v) is 11.2. The van der Waals surface area contributed by atoms with Gasteiger partial charge in [-0.1, -0.05) is 0 Å². The smallest absolute Gasteiger partial charge is 0.388 e. The number of rotatable bonds is 12. The molecular formula is C28H36F4N6O3. The maximum atomic E-state index is 15.3. The van der Waals surface area contributed by atoms with E-state index in [1.54, 1.807) is 10.7 Å². The van der Waals surface area contributed by atoms with Gasteiger partial charge in [-0.15, -0.1) is 0 Å².